The molecule has 0 unspecified atom stereocenters. The Labute approximate surface area is 226 Å². The summed E-state index contributed by atoms with van der Waals surface area (Å²) in [4.78, 5) is 41.1. The molecule has 0 amide bonds. The zero-order chi connectivity index (χ0) is 28.4. The predicted molar refractivity (Wildman–Crippen MR) is 144 cm³/mol. The van der Waals surface area contributed by atoms with Gasteiger partial charge < -0.3 is 20.4 Å². The van der Waals surface area contributed by atoms with Crippen molar-refractivity contribution in [2.75, 3.05) is 14.1 Å². The molecule has 4 atom stereocenters. The molecule has 1 fully saturated rings. The van der Waals surface area contributed by atoms with Gasteiger partial charge in [0, 0.05) is 11.5 Å². The van der Waals surface area contributed by atoms with Crippen LogP contribution in [0.2, 0.25) is 0 Å². The van der Waals surface area contributed by atoms with E-state index < -0.39 is 57.9 Å². The van der Waals surface area contributed by atoms with E-state index in [1.54, 1.807) is 19.0 Å². The van der Waals surface area contributed by atoms with Gasteiger partial charge in [0.2, 0.25) is 5.78 Å². The van der Waals surface area contributed by atoms with Crippen LogP contribution in [0.4, 0.5) is 0 Å². The second-order valence-corrected chi connectivity index (χ2v) is 11.2. The lowest BCUT2D eigenvalue weighted by molar-refractivity contribution is -0.153. The number of fused-ring (bicyclic) bond motifs is 3. The highest BCUT2D eigenvalue weighted by Crippen LogP contribution is 2.53. The Bertz CT molecular complexity index is 1470. The first-order valence-corrected chi connectivity index (χ1v) is 13.1. The normalized spacial score (nSPS) is 26.5. The van der Waals surface area contributed by atoms with E-state index in [2.05, 4.69) is 12.1 Å². The third kappa shape index (κ3) is 4.01. The summed E-state index contributed by atoms with van der Waals surface area (Å²) in [6, 6.07) is 10.5. The number of rotatable bonds is 5. The summed E-state index contributed by atoms with van der Waals surface area (Å²) in [5.41, 5.74) is 0.843. The number of aromatic hydroxyl groups is 1. The van der Waals surface area contributed by atoms with Gasteiger partial charge in [0.25, 0.3) is 0 Å². The molecule has 0 saturated heterocycles. The number of aliphatic hydroxyl groups is 3. The average molecular weight is 532 g/mol. The molecule has 3 aliphatic rings. The molecule has 0 spiro atoms. The Balaban J connectivity index is 1.61. The summed E-state index contributed by atoms with van der Waals surface area (Å²) in [7, 11) is 3.24. The summed E-state index contributed by atoms with van der Waals surface area (Å²) >= 11 is 0. The van der Waals surface area contributed by atoms with Gasteiger partial charge in [-0.1, -0.05) is 35.9 Å². The van der Waals surface area contributed by atoms with Crippen LogP contribution >= 0.6 is 0 Å². The number of hydrogen-bond donors (Lipinski definition) is 4. The maximum Gasteiger partial charge on any atom is 0.202 e. The molecule has 8 nitrogen and oxygen atoms in total. The van der Waals surface area contributed by atoms with Gasteiger partial charge >= 0.3 is 0 Å². The lowest BCUT2D eigenvalue weighted by Gasteiger charge is -2.50. The van der Waals surface area contributed by atoms with Crippen molar-refractivity contribution in [2.24, 2.45) is 11.8 Å². The van der Waals surface area contributed by atoms with Crippen LogP contribution in [-0.4, -0.2) is 68.4 Å². The Hall–Kier alpha value is -3.75. The van der Waals surface area contributed by atoms with Gasteiger partial charge in [0.15, 0.2) is 17.2 Å². The van der Waals surface area contributed by atoms with Gasteiger partial charge in [-0.05, 0) is 82.3 Å². The third-order valence-electron chi connectivity index (χ3n) is 8.61. The minimum atomic E-state index is -2.56. The minimum Gasteiger partial charge on any atom is -0.508 e. The van der Waals surface area contributed by atoms with E-state index in [4.69, 9.17) is 0 Å². The topological polar surface area (TPSA) is 135 Å². The first kappa shape index (κ1) is 26.8. The molecule has 8 heteroatoms. The second-order valence-electron chi connectivity index (χ2n) is 11.2. The fourth-order valence-electron chi connectivity index (χ4n) is 6.68. The minimum absolute atomic E-state index is 0.103. The Morgan fingerprint density at radius 2 is 1.69 bits per heavy atom. The molecule has 3 aliphatic carbocycles. The number of carbonyl (C=O) groups excluding carboxylic acids is 3. The summed E-state index contributed by atoms with van der Waals surface area (Å²) in [6.45, 7) is 3.12. The van der Waals surface area contributed by atoms with Gasteiger partial charge in [-0.25, -0.2) is 0 Å². The SMILES string of the molecule is CC(=O)C1=C(O)[C@@]2(O)C(=O)C3=C(O)c4c(O)ccc(CCc5ccc(C)cc5)c4C[C@H]3C[C@H]2[C@H](N(C)C)C1=O. The monoisotopic (exact) mass is 531 g/mol. The van der Waals surface area contributed by atoms with Crippen molar-refractivity contribution in [2.45, 2.75) is 51.2 Å². The number of phenols is 1. The lowest BCUT2D eigenvalue weighted by atomic mass is 9.57. The molecule has 39 heavy (non-hydrogen) atoms. The van der Waals surface area contributed by atoms with Crippen LogP contribution in [0.25, 0.3) is 5.76 Å². The first-order chi connectivity index (χ1) is 18.4. The Morgan fingerprint density at radius 3 is 2.31 bits per heavy atom. The molecule has 1 saturated carbocycles. The molecule has 0 heterocycles. The van der Waals surface area contributed by atoms with E-state index in [1.165, 1.54) is 11.6 Å². The summed E-state index contributed by atoms with van der Waals surface area (Å²) in [5, 5.41) is 44.9. The van der Waals surface area contributed by atoms with Gasteiger partial charge in [-0.15, -0.1) is 0 Å². The van der Waals surface area contributed by atoms with Crippen LogP contribution in [0.1, 0.15) is 41.2 Å². The van der Waals surface area contributed by atoms with E-state index in [0.717, 1.165) is 30.0 Å². The van der Waals surface area contributed by atoms with Crippen LogP contribution in [-0.2, 0) is 33.6 Å². The van der Waals surface area contributed by atoms with Crippen LogP contribution in [0.3, 0.4) is 0 Å². The highest BCUT2D eigenvalue weighted by Gasteiger charge is 2.64. The van der Waals surface area contributed by atoms with Crippen LogP contribution in [0.5, 0.6) is 5.75 Å². The number of carbonyl (C=O) groups is 3. The zero-order valence-electron chi connectivity index (χ0n) is 22.5. The van der Waals surface area contributed by atoms with Crippen molar-refractivity contribution in [3.05, 3.63) is 81.1 Å². The fraction of sp³-hybridized carbons (Fsp3) is 0.387. The quantitative estimate of drug-likeness (QED) is 0.432. The predicted octanol–water partition coefficient (Wildman–Crippen LogP) is 3.16. The zero-order valence-corrected chi connectivity index (χ0v) is 22.5. The molecule has 0 aromatic heterocycles. The summed E-state index contributed by atoms with van der Waals surface area (Å²) in [6.07, 6.45) is 1.80. The molecule has 4 N–H and O–H groups in total. The number of nitrogens with zero attached hydrogens (tertiary/aromatic N) is 1. The Kier molecular flexibility index (Phi) is 6.51. The van der Waals surface area contributed by atoms with Crippen molar-refractivity contribution in [3.63, 3.8) is 0 Å². The van der Waals surface area contributed by atoms with Gasteiger partial charge in [0.05, 0.1) is 11.6 Å². The van der Waals surface area contributed by atoms with Crippen LogP contribution in [0.15, 0.2) is 53.3 Å². The summed E-state index contributed by atoms with van der Waals surface area (Å²) in [5.74, 6) is -5.54. The largest absolute Gasteiger partial charge is 0.508 e. The molecule has 0 bridgehead atoms. The molecule has 0 radical (unpaired) electrons. The maximum atomic E-state index is 13.9. The number of phenolic OH excluding ortho intramolecular Hbond substituents is 1. The van der Waals surface area contributed by atoms with E-state index in [1.807, 2.05) is 25.1 Å². The number of ketones is 3. The number of hydrogen-bond acceptors (Lipinski definition) is 8. The molecule has 2 aromatic rings. The molecular formula is C31H33NO7. The fourth-order valence-corrected chi connectivity index (χ4v) is 6.68. The molecule has 2 aromatic carbocycles. The molecule has 5 rings (SSSR count). The lowest BCUT2D eigenvalue weighted by Crippen LogP contribution is -2.65. The van der Waals surface area contributed by atoms with Crippen molar-refractivity contribution in [3.8, 4) is 5.75 Å². The second kappa shape index (κ2) is 9.47. The molecule has 0 aliphatic heterocycles. The number of aliphatic hydroxyl groups excluding tert-OH is 2. The van der Waals surface area contributed by atoms with Gasteiger partial charge in [0.1, 0.15) is 22.8 Å². The number of Topliss-reactive ketones (excluding diaryl/α,β-unsaturated/α-hetero) is 3. The van der Waals surface area contributed by atoms with Gasteiger partial charge in [-0.3, -0.25) is 19.3 Å². The smallest absolute Gasteiger partial charge is 0.202 e. The van der Waals surface area contributed by atoms with Crippen molar-refractivity contribution in [1.29, 1.82) is 0 Å². The number of aryl methyl sites for hydroxylation is 3. The van der Waals surface area contributed by atoms with E-state index in [-0.39, 0.29) is 23.3 Å². The third-order valence-corrected chi connectivity index (χ3v) is 8.61. The number of benzene rings is 2. The van der Waals surface area contributed by atoms with Crippen molar-refractivity contribution in [1.82, 2.24) is 4.90 Å². The molecule has 204 valence electrons. The number of likely N-dealkylation sites (N-methyl/N-ethyl adjacent to an activating group) is 1. The average Bonchev–Trinajstić information content (AvgIpc) is 2.86. The highest BCUT2D eigenvalue weighted by molar-refractivity contribution is 6.25. The molecular weight excluding hydrogens is 498 g/mol. The van der Waals surface area contributed by atoms with Crippen molar-refractivity contribution < 1.29 is 34.8 Å². The van der Waals surface area contributed by atoms with Gasteiger partial charge in [-0.2, -0.15) is 0 Å². The summed E-state index contributed by atoms with van der Waals surface area (Å²) < 4.78 is 0. The Morgan fingerprint density at radius 1 is 1.03 bits per heavy atom. The van der Waals surface area contributed by atoms with Crippen LogP contribution < -0.4 is 0 Å². The van der Waals surface area contributed by atoms with E-state index >= 15 is 0 Å². The van der Waals surface area contributed by atoms with E-state index in [9.17, 15) is 34.8 Å². The standard InChI is InChI=1S/C31H33NO7/c1-15-5-7-17(8-6-15)9-10-18-11-12-22(34)25-20(18)13-19-14-21-26(32(3)4)28(36)23(16(2)33)29(37)31(21,39)30(38)24(19)27(25)35/h5-8,11-12,19,21,26,34-35,37,39H,9-10,13-14H2,1-4H3/t19-,21-,26-,31+/m0/s1. The van der Waals surface area contributed by atoms with Crippen LogP contribution in [0, 0.1) is 18.8 Å². The first-order valence-electron chi connectivity index (χ1n) is 13.1. The highest BCUT2D eigenvalue weighted by atomic mass is 16.3. The van der Waals surface area contributed by atoms with Crippen molar-refractivity contribution >= 4 is 23.1 Å². The van der Waals surface area contributed by atoms with E-state index in [0.29, 0.717) is 12.8 Å². The maximum absolute atomic E-state index is 13.9.